The fourth-order valence-corrected chi connectivity index (χ4v) is 3.30. The third-order valence-electron chi connectivity index (χ3n) is 4.53. The van der Waals surface area contributed by atoms with Crippen molar-refractivity contribution in [2.75, 3.05) is 26.2 Å². The lowest BCUT2D eigenvalue weighted by molar-refractivity contribution is -0.159. The third-order valence-corrected chi connectivity index (χ3v) is 4.53. The lowest BCUT2D eigenvalue weighted by Gasteiger charge is -2.36. The van der Waals surface area contributed by atoms with Crippen molar-refractivity contribution in [3.05, 3.63) is 30.1 Å². The molecule has 132 valence electrons. The molecule has 0 saturated carbocycles. The van der Waals surface area contributed by atoms with Crippen LogP contribution in [0.1, 0.15) is 31.2 Å². The Kier molecular flexibility index (Phi) is 7.14. The average Bonchev–Trinajstić information content (AvgIpc) is 3.11. The molecular weight excluding hydrogens is 310 g/mol. The summed E-state index contributed by atoms with van der Waals surface area (Å²) in [4.78, 5) is 27.7. The number of carboxylic acid groups (broad SMARTS) is 2. The Hall–Kier alpha value is -1.99. The maximum atomic E-state index is 9.10. The zero-order valence-corrected chi connectivity index (χ0v) is 13.8. The predicted molar refractivity (Wildman–Crippen MR) is 88.6 cm³/mol. The average molecular weight is 335 g/mol. The van der Waals surface area contributed by atoms with E-state index in [0.717, 1.165) is 12.6 Å². The van der Waals surface area contributed by atoms with Gasteiger partial charge < -0.3 is 15.1 Å². The summed E-state index contributed by atoms with van der Waals surface area (Å²) >= 11 is 0. The molecule has 7 heteroatoms. The monoisotopic (exact) mass is 335 g/mol. The minimum atomic E-state index is -1.82. The summed E-state index contributed by atoms with van der Waals surface area (Å²) in [7, 11) is 0. The first-order chi connectivity index (χ1) is 11.6. The van der Waals surface area contributed by atoms with Gasteiger partial charge in [-0.05, 0) is 63.5 Å². The number of piperidine rings is 1. The van der Waals surface area contributed by atoms with Crippen molar-refractivity contribution >= 4 is 11.9 Å². The van der Waals surface area contributed by atoms with Crippen LogP contribution < -0.4 is 0 Å². The van der Waals surface area contributed by atoms with Crippen LogP contribution >= 0.6 is 0 Å². The summed E-state index contributed by atoms with van der Waals surface area (Å²) in [5.41, 5.74) is 1.34. The van der Waals surface area contributed by atoms with Crippen LogP contribution in [0, 0.1) is 0 Å². The van der Waals surface area contributed by atoms with Gasteiger partial charge in [0, 0.05) is 25.0 Å². The standard InChI is InChI=1S/C15H23N3.C2H2O4/c1-2-9-18(8-1)15-5-10-17(11-6-15)13-14-4-3-7-16-12-14;3-1(4)2(5)6/h3-4,7,12,15H,1-2,5-6,8-11,13H2;(H,3,4)(H,5,6). The fraction of sp³-hybridized carbons (Fsp3) is 0.588. The number of aromatic nitrogens is 1. The highest BCUT2D eigenvalue weighted by molar-refractivity contribution is 6.27. The molecule has 0 radical (unpaired) electrons. The molecule has 24 heavy (non-hydrogen) atoms. The Bertz CT molecular complexity index is 512. The Morgan fingerprint density at radius 3 is 2.21 bits per heavy atom. The largest absolute Gasteiger partial charge is 0.473 e. The van der Waals surface area contributed by atoms with Gasteiger partial charge in [0.25, 0.3) is 0 Å². The molecule has 2 saturated heterocycles. The highest BCUT2D eigenvalue weighted by atomic mass is 16.4. The number of carboxylic acids is 2. The quantitative estimate of drug-likeness (QED) is 0.804. The van der Waals surface area contributed by atoms with Gasteiger partial charge in [0.1, 0.15) is 0 Å². The minimum Gasteiger partial charge on any atom is -0.473 e. The van der Waals surface area contributed by atoms with E-state index >= 15 is 0 Å². The SMILES string of the molecule is O=C(O)C(=O)O.c1cncc(CN2CCC(N3CCCC3)CC2)c1. The second-order valence-electron chi connectivity index (χ2n) is 6.22. The van der Waals surface area contributed by atoms with E-state index in [0.29, 0.717) is 0 Å². The summed E-state index contributed by atoms with van der Waals surface area (Å²) in [5, 5.41) is 14.8. The Balaban J connectivity index is 0.000000301. The molecule has 0 bridgehead atoms. The molecule has 0 atom stereocenters. The van der Waals surface area contributed by atoms with Crippen molar-refractivity contribution in [1.82, 2.24) is 14.8 Å². The first-order valence-corrected chi connectivity index (χ1v) is 8.38. The second-order valence-corrected chi connectivity index (χ2v) is 6.22. The number of carbonyl (C=O) groups is 2. The molecule has 0 aliphatic carbocycles. The number of pyridine rings is 1. The highest BCUT2D eigenvalue weighted by Crippen LogP contribution is 2.21. The van der Waals surface area contributed by atoms with E-state index in [1.807, 2.05) is 18.5 Å². The minimum absolute atomic E-state index is 0.859. The van der Waals surface area contributed by atoms with Crippen LogP contribution in [-0.4, -0.2) is 69.2 Å². The van der Waals surface area contributed by atoms with E-state index in [4.69, 9.17) is 19.8 Å². The number of nitrogens with zero attached hydrogens (tertiary/aromatic N) is 3. The second kappa shape index (κ2) is 9.34. The maximum Gasteiger partial charge on any atom is 0.414 e. The molecule has 2 fully saturated rings. The Labute approximate surface area is 141 Å². The van der Waals surface area contributed by atoms with Crippen molar-refractivity contribution in [2.45, 2.75) is 38.3 Å². The summed E-state index contributed by atoms with van der Waals surface area (Å²) < 4.78 is 0. The van der Waals surface area contributed by atoms with Crippen LogP contribution in [0.15, 0.2) is 24.5 Å². The first-order valence-electron chi connectivity index (χ1n) is 8.38. The van der Waals surface area contributed by atoms with Crippen LogP contribution in [0.25, 0.3) is 0 Å². The summed E-state index contributed by atoms with van der Waals surface area (Å²) in [5.74, 6) is -3.65. The number of rotatable bonds is 3. The molecule has 2 N–H and O–H groups in total. The van der Waals surface area contributed by atoms with Gasteiger partial charge in [-0.2, -0.15) is 0 Å². The number of likely N-dealkylation sites (tertiary alicyclic amines) is 2. The molecule has 2 aliphatic rings. The molecule has 2 aliphatic heterocycles. The number of hydrogen-bond donors (Lipinski definition) is 2. The maximum absolute atomic E-state index is 9.10. The van der Waals surface area contributed by atoms with Gasteiger partial charge in [-0.1, -0.05) is 6.07 Å². The Morgan fingerprint density at radius 1 is 1.08 bits per heavy atom. The first kappa shape index (κ1) is 18.4. The highest BCUT2D eigenvalue weighted by Gasteiger charge is 2.26. The summed E-state index contributed by atoms with van der Waals surface area (Å²) in [6.45, 7) is 6.24. The van der Waals surface area contributed by atoms with Crippen molar-refractivity contribution in [2.24, 2.45) is 0 Å². The lowest BCUT2D eigenvalue weighted by atomic mass is 10.0. The third kappa shape index (κ3) is 5.90. The zero-order chi connectivity index (χ0) is 17.4. The van der Waals surface area contributed by atoms with Gasteiger partial charge in [-0.3, -0.25) is 9.88 Å². The number of aliphatic carboxylic acids is 2. The normalized spacial score (nSPS) is 19.5. The summed E-state index contributed by atoms with van der Waals surface area (Å²) in [6.07, 6.45) is 9.36. The van der Waals surface area contributed by atoms with Crippen LogP contribution in [0.3, 0.4) is 0 Å². The zero-order valence-electron chi connectivity index (χ0n) is 13.8. The topological polar surface area (TPSA) is 94.0 Å². The van der Waals surface area contributed by atoms with Gasteiger partial charge in [0.2, 0.25) is 0 Å². The molecule has 3 heterocycles. The predicted octanol–water partition coefficient (Wildman–Crippen LogP) is 1.30. The van der Waals surface area contributed by atoms with E-state index in [1.165, 1.54) is 57.4 Å². The van der Waals surface area contributed by atoms with Crippen molar-refractivity contribution in [1.29, 1.82) is 0 Å². The molecule has 0 spiro atoms. The van der Waals surface area contributed by atoms with E-state index in [9.17, 15) is 0 Å². The van der Waals surface area contributed by atoms with E-state index < -0.39 is 11.9 Å². The Morgan fingerprint density at radius 2 is 1.71 bits per heavy atom. The molecular formula is C17H25N3O4. The van der Waals surface area contributed by atoms with Crippen LogP contribution in [0.2, 0.25) is 0 Å². The van der Waals surface area contributed by atoms with Crippen molar-refractivity contribution in [3.63, 3.8) is 0 Å². The van der Waals surface area contributed by atoms with Crippen molar-refractivity contribution < 1.29 is 19.8 Å². The lowest BCUT2D eigenvalue weighted by Crippen LogP contribution is -2.43. The van der Waals surface area contributed by atoms with E-state index in [2.05, 4.69) is 20.9 Å². The smallest absolute Gasteiger partial charge is 0.414 e. The van der Waals surface area contributed by atoms with Gasteiger partial charge >= 0.3 is 11.9 Å². The van der Waals surface area contributed by atoms with Gasteiger partial charge in [0.15, 0.2) is 0 Å². The van der Waals surface area contributed by atoms with Crippen molar-refractivity contribution in [3.8, 4) is 0 Å². The molecule has 7 nitrogen and oxygen atoms in total. The molecule has 0 amide bonds. The fourth-order valence-electron chi connectivity index (χ4n) is 3.30. The molecule has 3 rings (SSSR count). The molecule has 0 unspecified atom stereocenters. The van der Waals surface area contributed by atoms with Crippen LogP contribution in [-0.2, 0) is 16.1 Å². The number of hydrogen-bond acceptors (Lipinski definition) is 5. The molecule has 0 aromatic carbocycles. The van der Waals surface area contributed by atoms with Crippen LogP contribution in [0.4, 0.5) is 0 Å². The van der Waals surface area contributed by atoms with Gasteiger partial charge in [-0.25, -0.2) is 9.59 Å². The van der Waals surface area contributed by atoms with Crippen LogP contribution in [0.5, 0.6) is 0 Å². The summed E-state index contributed by atoms with van der Waals surface area (Å²) in [6, 6.07) is 5.07. The van der Waals surface area contributed by atoms with E-state index in [-0.39, 0.29) is 0 Å². The van der Waals surface area contributed by atoms with Gasteiger partial charge in [-0.15, -0.1) is 0 Å². The van der Waals surface area contributed by atoms with E-state index in [1.54, 1.807) is 0 Å². The molecule has 1 aromatic heterocycles. The van der Waals surface area contributed by atoms with Gasteiger partial charge in [0.05, 0.1) is 0 Å². The molecule has 1 aromatic rings.